The minimum Gasteiger partial charge on any atom is -0.496 e. The van der Waals surface area contributed by atoms with Crippen LogP contribution in [0.4, 0.5) is 26.3 Å². The van der Waals surface area contributed by atoms with E-state index in [9.17, 15) is 8.78 Å². The van der Waals surface area contributed by atoms with Gasteiger partial charge in [0.25, 0.3) is 0 Å². The fraction of sp³-hybridized carbons (Fsp3) is 0.333. The smallest absolute Gasteiger partial charge is 0.194 e. The molecule has 1 aliphatic heterocycles. The normalized spacial score (nSPS) is 14.3. The van der Waals surface area contributed by atoms with Gasteiger partial charge in [-0.15, -0.1) is 17.0 Å². The number of hydrogen-bond donors (Lipinski definition) is 0. The molecule has 1 atom stereocenters. The highest BCUT2D eigenvalue weighted by molar-refractivity contribution is 8.93. The number of rotatable bonds is 6. The summed E-state index contributed by atoms with van der Waals surface area (Å²) in [5, 5.41) is 0. The van der Waals surface area contributed by atoms with Crippen LogP contribution in [0.3, 0.4) is 0 Å². The fourth-order valence-corrected chi connectivity index (χ4v) is 7.91. The summed E-state index contributed by atoms with van der Waals surface area (Å²) in [6.07, 6.45) is 0. The number of quaternary nitrogens is 1. The lowest BCUT2D eigenvalue weighted by Gasteiger charge is -2.41. The van der Waals surface area contributed by atoms with Crippen molar-refractivity contribution in [1.82, 2.24) is 0 Å². The van der Waals surface area contributed by atoms with Gasteiger partial charge >= 0.3 is 0 Å². The van der Waals surface area contributed by atoms with E-state index in [-0.39, 0.29) is 51.7 Å². The Morgan fingerprint density at radius 1 is 0.582 bits per heavy atom. The van der Waals surface area contributed by atoms with E-state index < -0.39 is 45.7 Å². The number of halogens is 7. The van der Waals surface area contributed by atoms with E-state index in [1.807, 2.05) is 84.0 Å². The maximum Gasteiger partial charge on any atom is 0.194 e. The van der Waals surface area contributed by atoms with E-state index in [0.29, 0.717) is 44.9 Å². The monoisotopic (exact) mass is 826 g/mol. The Morgan fingerprint density at radius 3 is 1.24 bits per heavy atom. The lowest BCUT2D eigenvalue weighted by Crippen LogP contribution is -2.44. The molecule has 6 rings (SSSR count). The molecule has 1 aliphatic rings. The molecule has 10 heteroatoms. The predicted molar refractivity (Wildman–Crippen MR) is 212 cm³/mol. The molecule has 0 N–H and O–H groups in total. The van der Waals surface area contributed by atoms with Gasteiger partial charge in [0.2, 0.25) is 0 Å². The van der Waals surface area contributed by atoms with Crippen LogP contribution in [0, 0.1) is 34.9 Å². The predicted octanol–water partition coefficient (Wildman–Crippen LogP) is 12.9. The van der Waals surface area contributed by atoms with Gasteiger partial charge in [-0.3, -0.25) is 0 Å². The molecule has 0 fully saturated rings. The molecule has 1 unspecified atom stereocenters. The lowest BCUT2D eigenvalue weighted by molar-refractivity contribution is -0.962. The minimum atomic E-state index is -1.58. The first kappa shape index (κ1) is 41.9. The zero-order valence-electron chi connectivity index (χ0n) is 32.8. The Hall–Kier alpha value is -4.28. The average molecular weight is 828 g/mol. The van der Waals surface area contributed by atoms with Crippen molar-refractivity contribution in [3.05, 3.63) is 129 Å². The van der Waals surface area contributed by atoms with Crippen LogP contribution in [0.2, 0.25) is 0 Å². The van der Waals surface area contributed by atoms with E-state index in [4.69, 9.17) is 9.47 Å². The van der Waals surface area contributed by atoms with E-state index in [2.05, 4.69) is 14.0 Å². The molecule has 55 heavy (non-hydrogen) atoms. The summed E-state index contributed by atoms with van der Waals surface area (Å²) in [4.78, 5) is 0. The number of fused-ring (bicyclic) bond motifs is 3. The van der Waals surface area contributed by atoms with Gasteiger partial charge in [-0.1, -0.05) is 71.9 Å². The van der Waals surface area contributed by atoms with Crippen LogP contribution < -0.4 is 9.47 Å². The van der Waals surface area contributed by atoms with Gasteiger partial charge in [0, 0.05) is 38.9 Å². The Labute approximate surface area is 330 Å². The van der Waals surface area contributed by atoms with E-state index in [0.717, 1.165) is 41.0 Å². The number of ether oxygens (including phenoxy) is 2. The van der Waals surface area contributed by atoms with Gasteiger partial charge in [-0.05, 0) is 76.4 Å². The molecule has 0 radical (unpaired) electrons. The van der Waals surface area contributed by atoms with Gasteiger partial charge < -0.3 is 14.0 Å². The van der Waals surface area contributed by atoms with Crippen molar-refractivity contribution in [3.8, 4) is 44.9 Å². The number of methoxy groups -OCH3 is 2. The van der Waals surface area contributed by atoms with Crippen molar-refractivity contribution in [3.63, 3.8) is 0 Å². The van der Waals surface area contributed by atoms with Crippen LogP contribution in [0.1, 0.15) is 82.3 Å². The van der Waals surface area contributed by atoms with E-state index >= 15 is 17.6 Å². The average Bonchev–Trinajstić information content (AvgIpc) is 3.23. The van der Waals surface area contributed by atoms with Gasteiger partial charge in [0.15, 0.2) is 34.9 Å². The van der Waals surface area contributed by atoms with Crippen molar-refractivity contribution in [2.24, 2.45) is 0 Å². The maximum atomic E-state index is 15.2. The minimum absolute atomic E-state index is 0. The van der Waals surface area contributed by atoms with Crippen LogP contribution in [0.15, 0.2) is 66.7 Å². The first-order valence-corrected chi connectivity index (χ1v) is 17.9. The summed E-state index contributed by atoms with van der Waals surface area (Å²) in [6.45, 7) is 14.6. The summed E-state index contributed by atoms with van der Waals surface area (Å²) >= 11 is 0. The van der Waals surface area contributed by atoms with Crippen LogP contribution in [-0.2, 0) is 23.9 Å². The summed E-state index contributed by atoms with van der Waals surface area (Å²) in [5.41, 5.74) is 5.08. The second kappa shape index (κ2) is 15.0. The highest BCUT2D eigenvalue weighted by Crippen LogP contribution is 2.54. The highest BCUT2D eigenvalue weighted by Gasteiger charge is 2.42. The van der Waals surface area contributed by atoms with Crippen molar-refractivity contribution in [1.29, 1.82) is 0 Å². The number of benzene rings is 5. The van der Waals surface area contributed by atoms with Crippen LogP contribution >= 0.6 is 17.0 Å². The third-order valence-corrected chi connectivity index (χ3v) is 10.9. The molecule has 0 saturated carbocycles. The molecule has 0 aromatic heterocycles. The fourth-order valence-electron chi connectivity index (χ4n) is 7.91. The second-order valence-electron chi connectivity index (χ2n) is 16.6. The van der Waals surface area contributed by atoms with Gasteiger partial charge in [0.1, 0.15) is 30.6 Å². The van der Waals surface area contributed by atoms with Crippen LogP contribution in [0.5, 0.6) is 11.5 Å². The molecule has 0 amide bonds. The standard InChI is InChI=1S/C45H46F6NO2.BrH/c1-24(25-14-12-11-13-15-25)52(8)22-30-28(20-32(44(2,3)4)42(53-9)38(30)26-16-34(46)40(50)35(47)17-26)29-21-33(45(5,6)7)43(54-10)39(31(29)23-52)27-18-36(48)41(51)37(49)19-27;/h11-21,24H,22-23H2,1-10H3;1H/q+1;. The molecule has 5 aromatic rings. The highest BCUT2D eigenvalue weighted by atomic mass is 79.9. The van der Waals surface area contributed by atoms with E-state index in [1.165, 1.54) is 14.2 Å². The van der Waals surface area contributed by atoms with Gasteiger partial charge in [-0.2, -0.15) is 0 Å². The molecule has 292 valence electrons. The van der Waals surface area contributed by atoms with Crippen LogP contribution in [0.25, 0.3) is 33.4 Å². The number of nitrogens with zero attached hydrogens (tertiary/aromatic N) is 1. The first-order valence-electron chi connectivity index (χ1n) is 17.9. The van der Waals surface area contributed by atoms with Crippen molar-refractivity contribution in [2.45, 2.75) is 78.4 Å². The summed E-state index contributed by atoms with van der Waals surface area (Å²) in [7, 11) is 5.05. The quantitative estimate of drug-likeness (QED) is 0.0964. The molecule has 0 aliphatic carbocycles. The molecule has 0 saturated heterocycles. The number of hydrogen-bond acceptors (Lipinski definition) is 2. The SMILES string of the molecule is Br.COc1c(C(C)(C)C)cc2c(c1-c1cc(F)c(F)c(F)c1)C[N+](C)(C(C)c1ccccc1)Cc1c-2cc(C(C)(C)C)c(OC)c1-c1cc(F)c(F)c(F)c1. The van der Waals surface area contributed by atoms with Gasteiger partial charge in [0.05, 0.1) is 21.3 Å². The molecular weight excluding hydrogens is 780 g/mol. The van der Waals surface area contributed by atoms with Crippen molar-refractivity contribution >= 4 is 17.0 Å². The van der Waals surface area contributed by atoms with Gasteiger partial charge in [-0.25, -0.2) is 26.3 Å². The Morgan fingerprint density at radius 2 is 0.927 bits per heavy atom. The lowest BCUT2D eigenvalue weighted by atomic mass is 9.76. The Balaban J connectivity index is 0.00000580. The summed E-state index contributed by atoms with van der Waals surface area (Å²) in [6, 6.07) is 17.6. The van der Waals surface area contributed by atoms with Crippen molar-refractivity contribution < 1.29 is 40.3 Å². The zero-order chi connectivity index (χ0) is 39.7. The van der Waals surface area contributed by atoms with E-state index in [1.54, 1.807) is 0 Å². The van der Waals surface area contributed by atoms with Crippen LogP contribution in [-0.4, -0.2) is 25.8 Å². The molecule has 0 bridgehead atoms. The summed E-state index contributed by atoms with van der Waals surface area (Å²) < 4.78 is 102. The zero-order valence-corrected chi connectivity index (χ0v) is 34.5. The Bertz CT molecular complexity index is 2100. The summed E-state index contributed by atoms with van der Waals surface area (Å²) in [5.74, 6) is -7.74. The molecule has 3 nitrogen and oxygen atoms in total. The topological polar surface area (TPSA) is 18.5 Å². The molecule has 1 heterocycles. The molecule has 0 spiro atoms. The second-order valence-corrected chi connectivity index (χ2v) is 16.6. The Kier molecular flexibility index (Phi) is 11.4. The largest absolute Gasteiger partial charge is 0.496 e. The molecular formula is C45H47BrF6NO2+. The maximum absolute atomic E-state index is 15.2. The first-order chi connectivity index (χ1) is 25.2. The third-order valence-electron chi connectivity index (χ3n) is 10.9. The molecule has 5 aromatic carbocycles. The third kappa shape index (κ3) is 7.40. The van der Waals surface area contributed by atoms with Crippen molar-refractivity contribution in [2.75, 3.05) is 21.3 Å².